The predicted molar refractivity (Wildman–Crippen MR) is 56.5 cm³/mol. The number of halogens is 1. The first kappa shape index (κ1) is 9.86. The first-order valence-corrected chi connectivity index (χ1v) is 4.72. The Hall–Kier alpha value is -1.68. The standard InChI is InChI=1S/C10H8ClN3O/c1-7-4-8(11)2-3-10(7)14-9(6-15)5-12-13-14/h2-6H,1H3. The Labute approximate surface area is 91.5 Å². The van der Waals surface area contributed by atoms with Crippen molar-refractivity contribution in [3.8, 4) is 5.69 Å². The fourth-order valence-corrected chi connectivity index (χ4v) is 1.59. The molecule has 0 aliphatic rings. The SMILES string of the molecule is Cc1cc(Cl)ccc1-n1nncc1C=O. The van der Waals surface area contributed by atoms with E-state index < -0.39 is 0 Å². The van der Waals surface area contributed by atoms with Crippen LogP contribution in [0.2, 0.25) is 5.02 Å². The van der Waals surface area contributed by atoms with E-state index in [1.165, 1.54) is 10.9 Å². The molecule has 0 bridgehead atoms. The highest BCUT2D eigenvalue weighted by Crippen LogP contribution is 2.18. The van der Waals surface area contributed by atoms with E-state index in [1.807, 2.05) is 13.0 Å². The van der Waals surface area contributed by atoms with Crippen LogP contribution < -0.4 is 0 Å². The van der Waals surface area contributed by atoms with Crippen LogP contribution in [0.1, 0.15) is 16.1 Å². The molecule has 5 heteroatoms. The molecule has 0 atom stereocenters. The fraction of sp³-hybridized carbons (Fsp3) is 0.100. The average Bonchev–Trinajstić information content (AvgIpc) is 2.65. The summed E-state index contributed by atoms with van der Waals surface area (Å²) in [5.74, 6) is 0. The summed E-state index contributed by atoms with van der Waals surface area (Å²) in [6.07, 6.45) is 2.13. The van der Waals surface area contributed by atoms with Gasteiger partial charge < -0.3 is 0 Å². The second kappa shape index (κ2) is 3.82. The number of hydrogen-bond donors (Lipinski definition) is 0. The molecule has 15 heavy (non-hydrogen) atoms. The van der Waals surface area contributed by atoms with Gasteiger partial charge in [-0.2, -0.15) is 0 Å². The third-order valence-corrected chi connectivity index (χ3v) is 2.32. The van der Waals surface area contributed by atoms with Crippen LogP contribution in [0.4, 0.5) is 0 Å². The number of carbonyl (C=O) groups is 1. The molecule has 0 spiro atoms. The lowest BCUT2D eigenvalue weighted by atomic mass is 10.2. The van der Waals surface area contributed by atoms with Crippen LogP contribution in [-0.4, -0.2) is 21.3 Å². The van der Waals surface area contributed by atoms with E-state index >= 15 is 0 Å². The first-order chi connectivity index (χ1) is 7.22. The predicted octanol–water partition coefficient (Wildman–Crippen LogP) is 2.04. The van der Waals surface area contributed by atoms with Gasteiger partial charge in [-0.1, -0.05) is 16.8 Å². The van der Waals surface area contributed by atoms with Crippen molar-refractivity contribution in [2.75, 3.05) is 0 Å². The molecule has 1 aromatic carbocycles. The highest BCUT2D eigenvalue weighted by atomic mass is 35.5. The number of aldehydes is 1. The third kappa shape index (κ3) is 1.76. The lowest BCUT2D eigenvalue weighted by Crippen LogP contribution is -2.03. The normalized spacial score (nSPS) is 10.3. The quantitative estimate of drug-likeness (QED) is 0.730. The van der Waals surface area contributed by atoms with Crippen molar-refractivity contribution < 1.29 is 4.79 Å². The van der Waals surface area contributed by atoms with Crippen LogP contribution in [0.15, 0.2) is 24.4 Å². The second-order valence-corrected chi connectivity index (χ2v) is 3.56. The Bertz CT molecular complexity index is 507. The number of carbonyl (C=O) groups excluding carboxylic acids is 1. The molecule has 0 fully saturated rings. The molecule has 0 unspecified atom stereocenters. The van der Waals surface area contributed by atoms with Gasteiger partial charge in [-0.25, -0.2) is 4.68 Å². The molecule has 0 aliphatic heterocycles. The maximum absolute atomic E-state index is 10.7. The topological polar surface area (TPSA) is 47.8 Å². The van der Waals surface area contributed by atoms with Crippen molar-refractivity contribution in [3.05, 3.63) is 40.7 Å². The molecule has 0 saturated carbocycles. The smallest absolute Gasteiger partial charge is 0.170 e. The van der Waals surface area contributed by atoms with Gasteiger partial charge in [0.2, 0.25) is 0 Å². The zero-order chi connectivity index (χ0) is 10.8. The molecule has 1 heterocycles. The number of hydrogen-bond acceptors (Lipinski definition) is 3. The van der Waals surface area contributed by atoms with E-state index in [-0.39, 0.29) is 0 Å². The van der Waals surface area contributed by atoms with E-state index in [1.54, 1.807) is 12.1 Å². The number of rotatable bonds is 2. The second-order valence-electron chi connectivity index (χ2n) is 3.12. The summed E-state index contributed by atoms with van der Waals surface area (Å²) in [5, 5.41) is 8.18. The number of nitrogens with zero attached hydrogens (tertiary/aromatic N) is 3. The van der Waals surface area contributed by atoms with E-state index in [2.05, 4.69) is 10.3 Å². The third-order valence-electron chi connectivity index (χ3n) is 2.08. The molecule has 4 nitrogen and oxygen atoms in total. The Morgan fingerprint density at radius 3 is 2.93 bits per heavy atom. The van der Waals surface area contributed by atoms with Crippen molar-refractivity contribution in [2.24, 2.45) is 0 Å². The number of aromatic nitrogens is 3. The van der Waals surface area contributed by atoms with Crippen molar-refractivity contribution in [1.82, 2.24) is 15.0 Å². The molecular weight excluding hydrogens is 214 g/mol. The van der Waals surface area contributed by atoms with Crippen LogP contribution >= 0.6 is 11.6 Å². The number of aryl methyl sites for hydroxylation is 1. The fourth-order valence-electron chi connectivity index (χ4n) is 1.37. The monoisotopic (exact) mass is 221 g/mol. The molecule has 0 amide bonds. The highest BCUT2D eigenvalue weighted by molar-refractivity contribution is 6.30. The van der Waals surface area contributed by atoms with Crippen LogP contribution in [0.25, 0.3) is 5.69 Å². The molecule has 2 aromatic rings. The largest absolute Gasteiger partial charge is 0.296 e. The van der Waals surface area contributed by atoms with Gasteiger partial charge in [-0.15, -0.1) is 5.10 Å². The summed E-state index contributed by atoms with van der Waals surface area (Å²) in [5.41, 5.74) is 2.16. The molecular formula is C10H8ClN3O. The Kier molecular flexibility index (Phi) is 2.51. The van der Waals surface area contributed by atoms with E-state index in [4.69, 9.17) is 11.6 Å². The molecule has 1 aromatic heterocycles. The molecule has 0 N–H and O–H groups in total. The zero-order valence-corrected chi connectivity index (χ0v) is 8.77. The minimum atomic E-state index is 0.417. The summed E-state index contributed by atoms with van der Waals surface area (Å²) in [6, 6.07) is 5.37. The minimum absolute atomic E-state index is 0.417. The van der Waals surface area contributed by atoms with Crippen LogP contribution in [-0.2, 0) is 0 Å². The summed E-state index contributed by atoms with van der Waals surface area (Å²) in [6.45, 7) is 1.90. The Morgan fingerprint density at radius 1 is 1.47 bits per heavy atom. The molecule has 0 aliphatic carbocycles. The molecule has 0 saturated heterocycles. The molecule has 2 rings (SSSR count). The van der Waals surface area contributed by atoms with Crippen molar-refractivity contribution in [1.29, 1.82) is 0 Å². The Morgan fingerprint density at radius 2 is 2.27 bits per heavy atom. The van der Waals surface area contributed by atoms with Crippen LogP contribution in [0, 0.1) is 6.92 Å². The lowest BCUT2D eigenvalue weighted by molar-refractivity contribution is 0.111. The van der Waals surface area contributed by atoms with Crippen molar-refractivity contribution >= 4 is 17.9 Å². The van der Waals surface area contributed by atoms with E-state index in [0.717, 1.165) is 11.3 Å². The summed E-state index contributed by atoms with van der Waals surface area (Å²) < 4.78 is 1.48. The van der Waals surface area contributed by atoms with Crippen molar-refractivity contribution in [3.63, 3.8) is 0 Å². The lowest BCUT2D eigenvalue weighted by Gasteiger charge is -2.06. The summed E-state index contributed by atoms with van der Waals surface area (Å²) in [4.78, 5) is 10.7. The summed E-state index contributed by atoms with van der Waals surface area (Å²) >= 11 is 5.84. The number of benzene rings is 1. The summed E-state index contributed by atoms with van der Waals surface area (Å²) in [7, 11) is 0. The van der Waals surface area contributed by atoms with Gasteiger partial charge in [0.15, 0.2) is 6.29 Å². The van der Waals surface area contributed by atoms with E-state index in [9.17, 15) is 4.79 Å². The minimum Gasteiger partial charge on any atom is -0.296 e. The maximum atomic E-state index is 10.7. The van der Waals surface area contributed by atoms with E-state index in [0.29, 0.717) is 17.0 Å². The van der Waals surface area contributed by atoms with Crippen molar-refractivity contribution in [2.45, 2.75) is 6.92 Å². The van der Waals surface area contributed by atoms with Gasteiger partial charge in [-0.05, 0) is 30.7 Å². The Balaban J connectivity index is 2.59. The highest BCUT2D eigenvalue weighted by Gasteiger charge is 2.07. The van der Waals surface area contributed by atoms with Gasteiger partial charge in [0.1, 0.15) is 5.69 Å². The van der Waals surface area contributed by atoms with Gasteiger partial charge in [0.25, 0.3) is 0 Å². The maximum Gasteiger partial charge on any atom is 0.170 e. The first-order valence-electron chi connectivity index (χ1n) is 4.35. The zero-order valence-electron chi connectivity index (χ0n) is 8.01. The van der Waals surface area contributed by atoms with Gasteiger partial charge >= 0.3 is 0 Å². The van der Waals surface area contributed by atoms with Gasteiger partial charge in [0.05, 0.1) is 11.9 Å². The van der Waals surface area contributed by atoms with Crippen LogP contribution in [0.5, 0.6) is 0 Å². The molecule has 76 valence electrons. The van der Waals surface area contributed by atoms with Gasteiger partial charge in [0, 0.05) is 5.02 Å². The van der Waals surface area contributed by atoms with Gasteiger partial charge in [-0.3, -0.25) is 4.79 Å². The average molecular weight is 222 g/mol. The molecule has 0 radical (unpaired) electrons. The van der Waals surface area contributed by atoms with Crippen LogP contribution in [0.3, 0.4) is 0 Å².